The highest BCUT2D eigenvalue weighted by molar-refractivity contribution is 7.14. The second-order valence-electron chi connectivity index (χ2n) is 4.48. The molecule has 4 nitrogen and oxygen atoms in total. The summed E-state index contributed by atoms with van der Waals surface area (Å²) in [6.07, 6.45) is 0.973. The first-order chi connectivity index (χ1) is 9.10. The molecule has 0 aliphatic rings. The molecule has 0 saturated carbocycles. The lowest BCUT2D eigenvalue weighted by Gasteiger charge is -1.98. The topological polar surface area (TPSA) is 52.1 Å². The van der Waals surface area contributed by atoms with Crippen molar-refractivity contribution in [2.75, 3.05) is 6.61 Å². The number of nitrogens with zero attached hydrogens (tertiary/aromatic N) is 2. The molecule has 0 spiro atoms. The van der Waals surface area contributed by atoms with Crippen molar-refractivity contribution in [1.29, 1.82) is 0 Å². The second-order valence-corrected chi connectivity index (χ2v) is 6.28. The van der Waals surface area contributed by atoms with Crippen LogP contribution in [0.4, 0.5) is 0 Å². The van der Waals surface area contributed by atoms with Gasteiger partial charge < -0.3 is 4.74 Å². The zero-order valence-electron chi connectivity index (χ0n) is 11.2. The van der Waals surface area contributed by atoms with E-state index in [0.717, 1.165) is 22.1 Å². The maximum absolute atomic E-state index is 11.5. The van der Waals surface area contributed by atoms with Gasteiger partial charge in [-0.15, -0.1) is 22.7 Å². The standard InChI is InChI=1S/C13H16N2O2S2/c1-4-17-13(16)10-7-19-12(15-10)9-6-18-11(14-9)5-8(2)3/h6-8H,4-5H2,1-3H3. The molecule has 6 heteroatoms. The average molecular weight is 296 g/mol. The summed E-state index contributed by atoms with van der Waals surface area (Å²) in [4.78, 5) is 20.4. The molecule has 0 N–H and O–H groups in total. The molecular formula is C13H16N2O2S2. The zero-order valence-corrected chi connectivity index (χ0v) is 12.8. The molecular weight excluding hydrogens is 280 g/mol. The molecule has 0 aromatic carbocycles. The molecule has 0 saturated heterocycles. The Morgan fingerprint density at radius 2 is 2.11 bits per heavy atom. The second kappa shape index (κ2) is 6.25. The van der Waals surface area contributed by atoms with Gasteiger partial charge in [-0.1, -0.05) is 13.8 Å². The molecule has 2 aromatic heterocycles. The van der Waals surface area contributed by atoms with Crippen molar-refractivity contribution in [1.82, 2.24) is 9.97 Å². The van der Waals surface area contributed by atoms with Crippen molar-refractivity contribution in [3.63, 3.8) is 0 Å². The normalized spacial score (nSPS) is 10.9. The molecule has 0 aliphatic carbocycles. The van der Waals surface area contributed by atoms with E-state index in [9.17, 15) is 4.79 Å². The van der Waals surface area contributed by atoms with Gasteiger partial charge in [-0.3, -0.25) is 0 Å². The molecule has 2 heterocycles. The van der Waals surface area contributed by atoms with Crippen LogP contribution in [-0.4, -0.2) is 22.5 Å². The summed E-state index contributed by atoms with van der Waals surface area (Å²) in [5, 5.41) is 5.59. The van der Waals surface area contributed by atoms with Crippen molar-refractivity contribution in [2.45, 2.75) is 27.2 Å². The largest absolute Gasteiger partial charge is 0.461 e. The Balaban J connectivity index is 2.14. The van der Waals surface area contributed by atoms with E-state index in [-0.39, 0.29) is 5.97 Å². The van der Waals surface area contributed by atoms with Crippen LogP contribution in [0, 0.1) is 5.92 Å². The Bertz CT molecular complexity index is 560. The average Bonchev–Trinajstić information content (AvgIpc) is 2.96. The first-order valence-corrected chi connectivity index (χ1v) is 7.93. The van der Waals surface area contributed by atoms with Crippen molar-refractivity contribution in [3.05, 3.63) is 21.5 Å². The Hall–Kier alpha value is -1.27. The predicted molar refractivity (Wildman–Crippen MR) is 77.7 cm³/mol. The SMILES string of the molecule is CCOC(=O)c1csc(-c2csc(CC(C)C)n2)n1. The fourth-order valence-electron chi connectivity index (χ4n) is 1.54. The molecule has 0 unspecified atom stereocenters. The molecule has 0 amide bonds. The van der Waals surface area contributed by atoms with Gasteiger partial charge in [0.1, 0.15) is 10.7 Å². The van der Waals surface area contributed by atoms with Crippen LogP contribution in [0.1, 0.15) is 36.3 Å². The summed E-state index contributed by atoms with van der Waals surface area (Å²) in [7, 11) is 0. The Kier molecular flexibility index (Phi) is 4.66. The number of hydrogen-bond acceptors (Lipinski definition) is 6. The van der Waals surface area contributed by atoms with Gasteiger partial charge in [-0.2, -0.15) is 0 Å². The van der Waals surface area contributed by atoms with Crippen LogP contribution in [0.15, 0.2) is 10.8 Å². The van der Waals surface area contributed by atoms with E-state index < -0.39 is 0 Å². The van der Waals surface area contributed by atoms with E-state index in [1.807, 2.05) is 5.38 Å². The molecule has 102 valence electrons. The number of esters is 1. The monoisotopic (exact) mass is 296 g/mol. The van der Waals surface area contributed by atoms with E-state index in [4.69, 9.17) is 4.74 Å². The zero-order chi connectivity index (χ0) is 13.8. The lowest BCUT2D eigenvalue weighted by atomic mass is 10.1. The molecule has 0 bridgehead atoms. The van der Waals surface area contributed by atoms with Gasteiger partial charge in [0.15, 0.2) is 5.69 Å². The van der Waals surface area contributed by atoms with Gasteiger partial charge in [0.2, 0.25) is 0 Å². The highest BCUT2D eigenvalue weighted by Gasteiger charge is 2.14. The van der Waals surface area contributed by atoms with Crippen molar-refractivity contribution < 1.29 is 9.53 Å². The number of ether oxygens (including phenoxy) is 1. The first-order valence-electron chi connectivity index (χ1n) is 6.17. The summed E-state index contributed by atoms with van der Waals surface area (Å²) < 4.78 is 4.92. The van der Waals surface area contributed by atoms with Gasteiger partial charge >= 0.3 is 5.97 Å². The van der Waals surface area contributed by atoms with Crippen LogP contribution in [0.25, 0.3) is 10.7 Å². The van der Waals surface area contributed by atoms with Gasteiger partial charge in [0.05, 0.1) is 11.6 Å². The fourth-order valence-corrected chi connectivity index (χ4v) is 3.36. The maximum atomic E-state index is 11.5. The van der Waals surface area contributed by atoms with E-state index in [1.54, 1.807) is 23.6 Å². The van der Waals surface area contributed by atoms with E-state index in [0.29, 0.717) is 18.2 Å². The first kappa shape index (κ1) is 14.1. The molecule has 2 rings (SSSR count). The Morgan fingerprint density at radius 1 is 1.32 bits per heavy atom. The Labute approximate surface area is 120 Å². The third-order valence-corrected chi connectivity index (χ3v) is 4.08. The van der Waals surface area contributed by atoms with Crippen LogP contribution in [0.2, 0.25) is 0 Å². The highest BCUT2D eigenvalue weighted by Crippen LogP contribution is 2.26. The Morgan fingerprint density at radius 3 is 2.79 bits per heavy atom. The lowest BCUT2D eigenvalue weighted by molar-refractivity contribution is 0.0520. The minimum atomic E-state index is -0.373. The van der Waals surface area contributed by atoms with Crippen LogP contribution >= 0.6 is 22.7 Å². The highest BCUT2D eigenvalue weighted by atomic mass is 32.1. The van der Waals surface area contributed by atoms with Gasteiger partial charge in [-0.05, 0) is 12.8 Å². The van der Waals surface area contributed by atoms with Crippen LogP contribution in [0.3, 0.4) is 0 Å². The minimum absolute atomic E-state index is 0.361. The number of carbonyl (C=O) groups is 1. The van der Waals surface area contributed by atoms with E-state index >= 15 is 0 Å². The molecule has 0 aliphatic heterocycles. The molecule has 0 radical (unpaired) electrons. The third kappa shape index (κ3) is 3.61. The summed E-state index contributed by atoms with van der Waals surface area (Å²) >= 11 is 3.06. The smallest absolute Gasteiger partial charge is 0.357 e. The summed E-state index contributed by atoms with van der Waals surface area (Å²) in [5.41, 5.74) is 1.21. The summed E-state index contributed by atoms with van der Waals surface area (Å²) in [6, 6.07) is 0. The molecule has 0 atom stereocenters. The van der Waals surface area contributed by atoms with Crippen LogP contribution < -0.4 is 0 Å². The van der Waals surface area contributed by atoms with Crippen molar-refractivity contribution >= 4 is 28.6 Å². The van der Waals surface area contributed by atoms with Crippen molar-refractivity contribution in [3.8, 4) is 10.7 Å². The molecule has 19 heavy (non-hydrogen) atoms. The summed E-state index contributed by atoms with van der Waals surface area (Å²) in [6.45, 7) is 6.48. The number of aromatic nitrogens is 2. The van der Waals surface area contributed by atoms with Gasteiger partial charge in [0.25, 0.3) is 0 Å². The minimum Gasteiger partial charge on any atom is -0.461 e. The van der Waals surface area contributed by atoms with Gasteiger partial charge in [0, 0.05) is 17.2 Å². The quantitative estimate of drug-likeness (QED) is 0.790. The molecule has 2 aromatic rings. The number of rotatable bonds is 5. The fraction of sp³-hybridized carbons (Fsp3) is 0.462. The van der Waals surface area contributed by atoms with E-state index in [2.05, 4.69) is 23.8 Å². The number of hydrogen-bond donors (Lipinski definition) is 0. The number of carbonyl (C=O) groups excluding carboxylic acids is 1. The molecule has 0 fully saturated rings. The van der Waals surface area contributed by atoms with E-state index in [1.165, 1.54) is 11.3 Å². The van der Waals surface area contributed by atoms with Gasteiger partial charge in [-0.25, -0.2) is 14.8 Å². The lowest BCUT2D eigenvalue weighted by Crippen LogP contribution is -2.04. The summed E-state index contributed by atoms with van der Waals surface area (Å²) in [5.74, 6) is 0.216. The number of thiazole rings is 2. The van der Waals surface area contributed by atoms with Crippen molar-refractivity contribution in [2.24, 2.45) is 5.92 Å². The third-order valence-electron chi connectivity index (χ3n) is 2.34. The maximum Gasteiger partial charge on any atom is 0.357 e. The van der Waals surface area contributed by atoms with Crippen LogP contribution in [0.5, 0.6) is 0 Å². The van der Waals surface area contributed by atoms with Crippen LogP contribution in [-0.2, 0) is 11.2 Å². The predicted octanol–water partition coefficient (Wildman–Crippen LogP) is 3.64.